The Kier molecular flexibility index (Phi) is 3.93. The van der Waals surface area contributed by atoms with Crippen molar-refractivity contribution in [2.75, 3.05) is 18.9 Å². The van der Waals surface area contributed by atoms with E-state index >= 15 is 0 Å². The van der Waals surface area contributed by atoms with Crippen LogP contribution in [-0.2, 0) is 13.6 Å². The second-order valence-corrected chi connectivity index (χ2v) is 4.12. The maximum absolute atomic E-state index is 4.30. The van der Waals surface area contributed by atoms with Crippen LogP contribution in [0.15, 0.2) is 6.07 Å². The molecule has 0 spiro atoms. The molecule has 1 rings (SSSR count). The van der Waals surface area contributed by atoms with Gasteiger partial charge in [0.05, 0.1) is 11.4 Å². The number of aromatic nitrogens is 2. The van der Waals surface area contributed by atoms with E-state index in [-0.39, 0.29) is 0 Å². The summed E-state index contributed by atoms with van der Waals surface area (Å²) in [6.45, 7) is 4.04. The molecule has 0 aromatic carbocycles. The Bertz CT molecular complexity index is 270. The molecule has 1 aromatic heterocycles. The Morgan fingerprint density at radius 2 is 2.31 bits per heavy atom. The summed E-state index contributed by atoms with van der Waals surface area (Å²) in [5.41, 5.74) is 2.35. The van der Waals surface area contributed by atoms with Crippen LogP contribution in [-0.4, -0.2) is 33.6 Å². The van der Waals surface area contributed by atoms with E-state index in [1.54, 1.807) is 0 Å². The Hall–Kier alpha value is -0.350. The van der Waals surface area contributed by atoms with Crippen LogP contribution >= 0.6 is 15.9 Å². The van der Waals surface area contributed by atoms with E-state index in [2.05, 4.69) is 39.0 Å². The minimum atomic E-state index is 0.961. The maximum Gasteiger partial charge on any atom is 0.0597 e. The van der Waals surface area contributed by atoms with Crippen LogP contribution in [0.2, 0.25) is 0 Å². The lowest BCUT2D eigenvalue weighted by atomic mass is 10.3. The van der Waals surface area contributed by atoms with Gasteiger partial charge in [-0.3, -0.25) is 9.58 Å². The van der Waals surface area contributed by atoms with E-state index in [1.165, 1.54) is 5.69 Å². The van der Waals surface area contributed by atoms with Crippen molar-refractivity contribution in [1.82, 2.24) is 14.7 Å². The molecule has 1 heterocycles. The van der Waals surface area contributed by atoms with Crippen LogP contribution in [0.5, 0.6) is 0 Å². The van der Waals surface area contributed by atoms with Crippen molar-refractivity contribution < 1.29 is 0 Å². The second-order valence-electron chi connectivity index (χ2n) is 3.33. The van der Waals surface area contributed by atoms with Gasteiger partial charge in [0.25, 0.3) is 0 Å². The molecular formula is C9H16BrN3. The molecule has 0 aliphatic carbocycles. The van der Waals surface area contributed by atoms with E-state index in [9.17, 15) is 0 Å². The molecule has 0 saturated carbocycles. The Labute approximate surface area is 87.9 Å². The van der Waals surface area contributed by atoms with E-state index in [0.717, 1.165) is 24.1 Å². The fourth-order valence-electron chi connectivity index (χ4n) is 1.31. The molecule has 3 nitrogen and oxygen atoms in total. The molecule has 0 fully saturated rings. The first kappa shape index (κ1) is 10.7. The molecule has 0 saturated heterocycles. The molecule has 0 radical (unpaired) electrons. The van der Waals surface area contributed by atoms with Crippen molar-refractivity contribution in [3.05, 3.63) is 17.5 Å². The normalized spacial score (nSPS) is 11.2. The molecule has 0 aliphatic heterocycles. The predicted molar refractivity (Wildman–Crippen MR) is 58.1 cm³/mol. The summed E-state index contributed by atoms with van der Waals surface area (Å²) in [7, 11) is 4.11. The second kappa shape index (κ2) is 4.77. The number of aryl methyl sites for hydroxylation is 2. The number of nitrogens with zero attached hydrogens (tertiary/aromatic N) is 3. The largest absolute Gasteiger partial charge is 0.300 e. The quantitative estimate of drug-likeness (QED) is 0.752. The molecule has 0 bridgehead atoms. The summed E-state index contributed by atoms with van der Waals surface area (Å²) in [4.78, 5) is 2.27. The predicted octanol–water partition coefficient (Wildman–Crippen LogP) is 1.56. The molecular weight excluding hydrogens is 230 g/mol. The van der Waals surface area contributed by atoms with Gasteiger partial charge in [-0.1, -0.05) is 15.9 Å². The topological polar surface area (TPSA) is 21.1 Å². The fourth-order valence-corrected chi connectivity index (χ4v) is 1.92. The van der Waals surface area contributed by atoms with E-state index in [1.807, 2.05) is 18.7 Å². The summed E-state index contributed by atoms with van der Waals surface area (Å²) in [5.74, 6) is 0. The van der Waals surface area contributed by atoms with Crippen molar-refractivity contribution in [3.8, 4) is 0 Å². The van der Waals surface area contributed by atoms with Crippen molar-refractivity contribution in [3.63, 3.8) is 0 Å². The highest BCUT2D eigenvalue weighted by atomic mass is 79.9. The van der Waals surface area contributed by atoms with Crippen molar-refractivity contribution >= 4 is 15.9 Å². The molecule has 4 heteroatoms. The van der Waals surface area contributed by atoms with Gasteiger partial charge >= 0.3 is 0 Å². The summed E-state index contributed by atoms with van der Waals surface area (Å²) in [6, 6.07) is 2.13. The molecule has 74 valence electrons. The lowest BCUT2D eigenvalue weighted by Crippen LogP contribution is -2.21. The average Bonchev–Trinajstić information content (AvgIpc) is 2.30. The van der Waals surface area contributed by atoms with Crippen LogP contribution in [0, 0.1) is 6.92 Å². The highest BCUT2D eigenvalue weighted by molar-refractivity contribution is 9.09. The van der Waals surface area contributed by atoms with Crippen LogP contribution in [0.1, 0.15) is 11.4 Å². The summed E-state index contributed by atoms with van der Waals surface area (Å²) in [5, 5.41) is 5.32. The average molecular weight is 246 g/mol. The third-order valence-corrected chi connectivity index (χ3v) is 2.35. The maximum atomic E-state index is 4.30. The van der Waals surface area contributed by atoms with Crippen molar-refractivity contribution in [1.29, 1.82) is 0 Å². The lowest BCUT2D eigenvalue weighted by molar-refractivity contribution is 0.338. The number of alkyl halides is 1. The molecule has 0 unspecified atom stereocenters. The highest BCUT2D eigenvalue weighted by Crippen LogP contribution is 2.04. The van der Waals surface area contributed by atoms with Crippen molar-refractivity contribution in [2.24, 2.45) is 7.05 Å². The summed E-state index contributed by atoms with van der Waals surface area (Å²) < 4.78 is 1.94. The third kappa shape index (κ3) is 3.12. The van der Waals surface area contributed by atoms with Crippen LogP contribution in [0.25, 0.3) is 0 Å². The molecule has 0 aliphatic rings. The van der Waals surface area contributed by atoms with E-state index in [4.69, 9.17) is 0 Å². The van der Waals surface area contributed by atoms with Gasteiger partial charge < -0.3 is 0 Å². The monoisotopic (exact) mass is 245 g/mol. The smallest absolute Gasteiger partial charge is 0.0597 e. The Balaban J connectivity index is 2.57. The van der Waals surface area contributed by atoms with E-state index in [0.29, 0.717) is 0 Å². The molecule has 0 N–H and O–H groups in total. The highest BCUT2D eigenvalue weighted by Gasteiger charge is 2.04. The minimum absolute atomic E-state index is 0.961. The zero-order chi connectivity index (χ0) is 9.84. The van der Waals surface area contributed by atoms with Gasteiger partial charge in [0, 0.05) is 25.5 Å². The number of halogens is 1. The van der Waals surface area contributed by atoms with Gasteiger partial charge in [-0.2, -0.15) is 5.10 Å². The first-order valence-corrected chi connectivity index (χ1v) is 5.49. The van der Waals surface area contributed by atoms with Gasteiger partial charge in [-0.15, -0.1) is 0 Å². The van der Waals surface area contributed by atoms with Crippen LogP contribution in [0.3, 0.4) is 0 Å². The van der Waals surface area contributed by atoms with Gasteiger partial charge in [-0.25, -0.2) is 0 Å². The minimum Gasteiger partial charge on any atom is -0.300 e. The standard InChI is InChI=1S/C9H16BrN3/c1-8-6-9(13(3)11-8)7-12(2)5-4-10/h6H,4-5,7H2,1-3H3. The summed E-state index contributed by atoms with van der Waals surface area (Å²) >= 11 is 3.42. The third-order valence-electron chi connectivity index (χ3n) is 2.00. The SMILES string of the molecule is Cc1cc(CN(C)CCBr)n(C)n1. The van der Waals surface area contributed by atoms with Crippen LogP contribution < -0.4 is 0 Å². The first-order valence-electron chi connectivity index (χ1n) is 4.37. The fraction of sp³-hybridized carbons (Fsp3) is 0.667. The number of rotatable bonds is 4. The Morgan fingerprint density at radius 1 is 1.62 bits per heavy atom. The number of hydrogen-bond acceptors (Lipinski definition) is 2. The molecule has 13 heavy (non-hydrogen) atoms. The molecule has 0 atom stereocenters. The van der Waals surface area contributed by atoms with Gasteiger partial charge in [0.2, 0.25) is 0 Å². The van der Waals surface area contributed by atoms with Crippen molar-refractivity contribution in [2.45, 2.75) is 13.5 Å². The molecule has 0 amide bonds. The lowest BCUT2D eigenvalue weighted by Gasteiger charge is -2.14. The zero-order valence-corrected chi connectivity index (χ0v) is 10.0. The Morgan fingerprint density at radius 3 is 2.77 bits per heavy atom. The van der Waals surface area contributed by atoms with Gasteiger partial charge in [0.15, 0.2) is 0 Å². The van der Waals surface area contributed by atoms with Gasteiger partial charge in [-0.05, 0) is 20.0 Å². The van der Waals surface area contributed by atoms with E-state index < -0.39 is 0 Å². The zero-order valence-electron chi connectivity index (χ0n) is 8.42. The summed E-state index contributed by atoms with van der Waals surface area (Å²) in [6.07, 6.45) is 0. The molecule has 1 aromatic rings. The van der Waals surface area contributed by atoms with Gasteiger partial charge in [0.1, 0.15) is 0 Å². The van der Waals surface area contributed by atoms with Crippen LogP contribution in [0.4, 0.5) is 0 Å². The first-order chi connectivity index (χ1) is 6.13. The number of hydrogen-bond donors (Lipinski definition) is 0.